The van der Waals surface area contributed by atoms with Crippen LogP contribution in [0.4, 0.5) is 0 Å². The Morgan fingerprint density at radius 2 is 2.12 bits per heavy atom. The van der Waals surface area contributed by atoms with Gasteiger partial charge >= 0.3 is 0 Å². The standard InChI is InChI=1S/C13H25N3/c1-3-13(2)5-9-16(10-6-13)11-12-14-7-4-8-15-12/h3-11H2,1-2H3,(H,14,15). The van der Waals surface area contributed by atoms with E-state index >= 15 is 0 Å². The van der Waals surface area contributed by atoms with Crippen molar-refractivity contribution in [3.05, 3.63) is 0 Å². The van der Waals surface area contributed by atoms with Gasteiger partial charge in [-0.1, -0.05) is 20.3 Å². The van der Waals surface area contributed by atoms with Crippen molar-refractivity contribution in [3.8, 4) is 0 Å². The average Bonchev–Trinajstić information content (AvgIpc) is 2.34. The third kappa shape index (κ3) is 2.97. The van der Waals surface area contributed by atoms with Crippen LogP contribution in [0.2, 0.25) is 0 Å². The molecule has 3 heteroatoms. The molecule has 0 aromatic rings. The number of aliphatic imine (C=N–C) groups is 1. The molecular weight excluding hydrogens is 198 g/mol. The van der Waals surface area contributed by atoms with Gasteiger partial charge in [0.05, 0.1) is 6.54 Å². The van der Waals surface area contributed by atoms with Gasteiger partial charge in [-0.3, -0.25) is 9.89 Å². The molecule has 0 aromatic heterocycles. The summed E-state index contributed by atoms with van der Waals surface area (Å²) in [6, 6.07) is 0. The fraction of sp³-hybridized carbons (Fsp3) is 0.923. The number of hydrogen-bond acceptors (Lipinski definition) is 3. The predicted octanol–water partition coefficient (Wildman–Crippen LogP) is 1.89. The maximum Gasteiger partial charge on any atom is 0.111 e. The molecule has 1 N–H and O–H groups in total. The Balaban J connectivity index is 1.78. The number of nitrogens with one attached hydrogen (secondary N) is 1. The summed E-state index contributed by atoms with van der Waals surface area (Å²) < 4.78 is 0. The van der Waals surface area contributed by atoms with Gasteiger partial charge in [0.2, 0.25) is 0 Å². The fourth-order valence-electron chi connectivity index (χ4n) is 2.50. The number of likely N-dealkylation sites (tertiary alicyclic amines) is 1. The van der Waals surface area contributed by atoms with E-state index in [9.17, 15) is 0 Å². The molecule has 0 radical (unpaired) electrons. The van der Waals surface area contributed by atoms with Crippen LogP contribution in [0.15, 0.2) is 4.99 Å². The minimum atomic E-state index is 0.596. The number of nitrogens with zero attached hydrogens (tertiary/aromatic N) is 2. The molecule has 16 heavy (non-hydrogen) atoms. The Kier molecular flexibility index (Phi) is 3.85. The van der Waals surface area contributed by atoms with Crippen LogP contribution in [-0.4, -0.2) is 43.5 Å². The molecule has 0 spiro atoms. The summed E-state index contributed by atoms with van der Waals surface area (Å²) in [5.74, 6) is 1.21. The Labute approximate surface area is 99.3 Å². The molecule has 0 unspecified atom stereocenters. The van der Waals surface area contributed by atoms with Crippen molar-refractivity contribution in [3.63, 3.8) is 0 Å². The van der Waals surface area contributed by atoms with Crippen LogP contribution in [0.3, 0.4) is 0 Å². The summed E-state index contributed by atoms with van der Waals surface area (Å²) >= 11 is 0. The van der Waals surface area contributed by atoms with E-state index in [2.05, 4.69) is 29.1 Å². The summed E-state index contributed by atoms with van der Waals surface area (Å²) in [4.78, 5) is 7.09. The van der Waals surface area contributed by atoms with E-state index in [0.29, 0.717) is 5.41 Å². The molecule has 1 fully saturated rings. The van der Waals surface area contributed by atoms with Gasteiger partial charge in [0.15, 0.2) is 0 Å². The van der Waals surface area contributed by atoms with E-state index in [1.54, 1.807) is 0 Å². The van der Waals surface area contributed by atoms with E-state index < -0.39 is 0 Å². The minimum absolute atomic E-state index is 0.596. The molecule has 3 nitrogen and oxygen atoms in total. The van der Waals surface area contributed by atoms with Crippen LogP contribution in [0, 0.1) is 5.41 Å². The van der Waals surface area contributed by atoms with Gasteiger partial charge < -0.3 is 5.32 Å². The first-order valence-electron chi connectivity index (χ1n) is 6.71. The van der Waals surface area contributed by atoms with Crippen LogP contribution in [0.5, 0.6) is 0 Å². The zero-order valence-electron chi connectivity index (χ0n) is 10.8. The first kappa shape index (κ1) is 11.9. The highest BCUT2D eigenvalue weighted by atomic mass is 15.2. The molecule has 2 aliphatic rings. The molecule has 0 atom stereocenters. The smallest absolute Gasteiger partial charge is 0.111 e. The zero-order valence-corrected chi connectivity index (χ0v) is 10.8. The van der Waals surface area contributed by atoms with Crippen LogP contribution in [0.25, 0.3) is 0 Å². The number of amidine groups is 1. The van der Waals surface area contributed by atoms with Crippen molar-refractivity contribution < 1.29 is 0 Å². The Morgan fingerprint density at radius 1 is 1.38 bits per heavy atom. The van der Waals surface area contributed by atoms with Crippen LogP contribution >= 0.6 is 0 Å². The Bertz CT molecular complexity index is 252. The molecule has 2 aliphatic heterocycles. The largest absolute Gasteiger partial charge is 0.373 e. The molecule has 92 valence electrons. The first-order valence-corrected chi connectivity index (χ1v) is 6.71. The lowest BCUT2D eigenvalue weighted by Gasteiger charge is -2.39. The lowest BCUT2D eigenvalue weighted by molar-refractivity contribution is 0.126. The number of piperidine rings is 1. The zero-order chi connectivity index (χ0) is 11.4. The quantitative estimate of drug-likeness (QED) is 0.791. The highest BCUT2D eigenvalue weighted by molar-refractivity contribution is 5.84. The first-order chi connectivity index (χ1) is 7.72. The highest BCUT2D eigenvalue weighted by Crippen LogP contribution is 2.33. The van der Waals surface area contributed by atoms with E-state index in [1.165, 1.54) is 44.6 Å². The maximum atomic E-state index is 4.54. The summed E-state index contributed by atoms with van der Waals surface area (Å²) in [5, 5.41) is 3.41. The van der Waals surface area contributed by atoms with Gasteiger partial charge in [0.25, 0.3) is 0 Å². The topological polar surface area (TPSA) is 27.6 Å². The van der Waals surface area contributed by atoms with Gasteiger partial charge in [-0.05, 0) is 37.8 Å². The van der Waals surface area contributed by atoms with E-state index in [-0.39, 0.29) is 0 Å². The normalized spacial score (nSPS) is 26.0. The molecule has 0 amide bonds. The molecule has 0 aliphatic carbocycles. The van der Waals surface area contributed by atoms with Crippen molar-refractivity contribution >= 4 is 5.84 Å². The summed E-state index contributed by atoms with van der Waals surface area (Å²) in [7, 11) is 0. The fourth-order valence-corrected chi connectivity index (χ4v) is 2.50. The second-order valence-corrected chi connectivity index (χ2v) is 5.55. The van der Waals surface area contributed by atoms with Gasteiger partial charge in [-0.2, -0.15) is 0 Å². The maximum absolute atomic E-state index is 4.54. The molecule has 1 saturated heterocycles. The summed E-state index contributed by atoms with van der Waals surface area (Å²) in [6.07, 6.45) is 5.20. The minimum Gasteiger partial charge on any atom is -0.373 e. The molecular formula is C13H25N3. The van der Waals surface area contributed by atoms with Gasteiger partial charge in [-0.25, -0.2) is 0 Å². The second-order valence-electron chi connectivity index (χ2n) is 5.55. The predicted molar refractivity (Wildman–Crippen MR) is 69.0 cm³/mol. The van der Waals surface area contributed by atoms with Crippen molar-refractivity contribution in [1.82, 2.24) is 10.2 Å². The summed E-state index contributed by atoms with van der Waals surface area (Å²) in [6.45, 7) is 10.4. The van der Waals surface area contributed by atoms with Crippen molar-refractivity contribution in [2.75, 3.05) is 32.7 Å². The van der Waals surface area contributed by atoms with Gasteiger partial charge in [0.1, 0.15) is 5.84 Å². The third-order valence-corrected chi connectivity index (χ3v) is 4.26. The molecule has 0 saturated carbocycles. The van der Waals surface area contributed by atoms with Crippen LogP contribution < -0.4 is 5.32 Å². The van der Waals surface area contributed by atoms with Crippen LogP contribution in [0.1, 0.15) is 39.5 Å². The molecule has 2 heterocycles. The van der Waals surface area contributed by atoms with Gasteiger partial charge in [-0.15, -0.1) is 0 Å². The van der Waals surface area contributed by atoms with Crippen molar-refractivity contribution in [1.29, 1.82) is 0 Å². The average molecular weight is 223 g/mol. The van der Waals surface area contributed by atoms with E-state index in [1.807, 2.05) is 0 Å². The number of hydrogen-bond donors (Lipinski definition) is 1. The highest BCUT2D eigenvalue weighted by Gasteiger charge is 2.28. The third-order valence-electron chi connectivity index (χ3n) is 4.26. The summed E-state index contributed by atoms with van der Waals surface area (Å²) in [5.41, 5.74) is 0.596. The monoisotopic (exact) mass is 223 g/mol. The van der Waals surface area contributed by atoms with E-state index in [4.69, 9.17) is 0 Å². The lowest BCUT2D eigenvalue weighted by atomic mass is 9.78. The number of rotatable bonds is 3. The molecule has 2 rings (SSSR count). The van der Waals surface area contributed by atoms with Crippen LogP contribution in [-0.2, 0) is 0 Å². The SMILES string of the molecule is CCC1(C)CCN(CC2=NCCCN2)CC1. The van der Waals surface area contributed by atoms with E-state index in [0.717, 1.165) is 19.6 Å². The molecule has 0 aromatic carbocycles. The van der Waals surface area contributed by atoms with Crippen molar-refractivity contribution in [2.24, 2.45) is 10.4 Å². The van der Waals surface area contributed by atoms with Crippen molar-refractivity contribution in [2.45, 2.75) is 39.5 Å². The Hall–Kier alpha value is -0.570. The van der Waals surface area contributed by atoms with Gasteiger partial charge in [0, 0.05) is 13.1 Å². The second kappa shape index (κ2) is 5.17. The molecule has 0 bridgehead atoms. The Morgan fingerprint density at radius 3 is 2.69 bits per heavy atom. The lowest BCUT2D eigenvalue weighted by Crippen LogP contribution is -2.45.